The van der Waals surface area contributed by atoms with E-state index >= 15 is 0 Å². The summed E-state index contributed by atoms with van der Waals surface area (Å²) in [6.07, 6.45) is -3.59. The number of halogens is 3. The molecule has 5 nitrogen and oxygen atoms in total. The van der Waals surface area contributed by atoms with Gasteiger partial charge >= 0.3 is 6.18 Å². The fourth-order valence-electron chi connectivity index (χ4n) is 5.71. The first-order valence-corrected chi connectivity index (χ1v) is 12.9. The second kappa shape index (κ2) is 10.4. The molecule has 1 N–H and O–H groups in total. The first-order valence-electron chi connectivity index (χ1n) is 12.9. The second-order valence-electron chi connectivity index (χ2n) is 10.9. The Kier molecular flexibility index (Phi) is 7.58. The number of alkyl halides is 3. The summed E-state index contributed by atoms with van der Waals surface area (Å²) in [7, 11) is 0. The molecule has 8 heteroatoms. The zero-order valence-corrected chi connectivity index (χ0v) is 21.6. The topological polar surface area (TPSA) is 58.6 Å². The van der Waals surface area contributed by atoms with Crippen LogP contribution in [-0.4, -0.2) is 49.1 Å². The number of likely N-dealkylation sites (tertiary alicyclic amines) is 1. The molecule has 0 saturated carbocycles. The first kappa shape index (κ1) is 27.0. The molecule has 0 radical (unpaired) electrons. The predicted molar refractivity (Wildman–Crippen MR) is 135 cm³/mol. The van der Waals surface area contributed by atoms with E-state index in [4.69, 9.17) is 4.74 Å². The molecule has 0 aliphatic carbocycles. The molecule has 1 unspecified atom stereocenters. The van der Waals surface area contributed by atoms with Crippen molar-refractivity contribution in [2.75, 3.05) is 26.2 Å². The maximum Gasteiger partial charge on any atom is 0.406 e. The molecule has 37 heavy (non-hydrogen) atoms. The molecule has 2 aromatic carbocycles. The molecule has 2 fully saturated rings. The van der Waals surface area contributed by atoms with Crippen LogP contribution < -0.4 is 10.1 Å². The van der Waals surface area contributed by atoms with Crippen LogP contribution in [0.4, 0.5) is 13.2 Å². The van der Waals surface area contributed by atoms with Gasteiger partial charge in [-0.3, -0.25) is 9.59 Å². The molecule has 4 rings (SSSR count). The van der Waals surface area contributed by atoms with Gasteiger partial charge in [0.2, 0.25) is 11.8 Å². The fourth-order valence-corrected chi connectivity index (χ4v) is 5.71. The van der Waals surface area contributed by atoms with Gasteiger partial charge in [-0.15, -0.1) is 0 Å². The van der Waals surface area contributed by atoms with E-state index < -0.39 is 22.9 Å². The molecule has 0 bridgehead atoms. The minimum atomic E-state index is -4.75. The highest BCUT2D eigenvalue weighted by molar-refractivity contribution is 5.89. The minimum Gasteiger partial charge on any atom is -0.493 e. The number of ether oxygens (including phenoxy) is 1. The number of amides is 2. The van der Waals surface area contributed by atoms with Gasteiger partial charge in [0.05, 0.1) is 6.61 Å². The summed E-state index contributed by atoms with van der Waals surface area (Å²) >= 11 is 0. The van der Waals surface area contributed by atoms with E-state index in [0.717, 1.165) is 18.2 Å². The van der Waals surface area contributed by atoms with Gasteiger partial charge in [-0.2, -0.15) is 13.2 Å². The highest BCUT2D eigenvalue weighted by atomic mass is 19.4. The van der Waals surface area contributed by atoms with Gasteiger partial charge in [0.15, 0.2) is 5.41 Å². The van der Waals surface area contributed by atoms with Gasteiger partial charge in [0.1, 0.15) is 5.75 Å². The van der Waals surface area contributed by atoms with Gasteiger partial charge in [-0.25, -0.2) is 0 Å². The van der Waals surface area contributed by atoms with Crippen molar-refractivity contribution in [1.82, 2.24) is 10.2 Å². The number of benzene rings is 2. The van der Waals surface area contributed by atoms with Crippen molar-refractivity contribution in [1.29, 1.82) is 0 Å². The van der Waals surface area contributed by atoms with E-state index in [1.807, 2.05) is 24.3 Å². The number of hydrogen-bond acceptors (Lipinski definition) is 3. The van der Waals surface area contributed by atoms with Crippen LogP contribution in [0.15, 0.2) is 54.6 Å². The predicted octanol–water partition coefficient (Wildman–Crippen LogP) is 5.45. The highest BCUT2D eigenvalue weighted by Gasteiger charge is 2.60. The zero-order chi connectivity index (χ0) is 26.8. The molecule has 2 aliphatic rings. The van der Waals surface area contributed by atoms with Crippen molar-refractivity contribution in [2.45, 2.75) is 57.5 Å². The van der Waals surface area contributed by atoms with Gasteiger partial charge in [0.25, 0.3) is 0 Å². The lowest BCUT2D eigenvalue weighted by Gasteiger charge is -2.50. The molecule has 2 aliphatic heterocycles. The lowest BCUT2D eigenvalue weighted by atomic mass is 9.62. The third-order valence-electron chi connectivity index (χ3n) is 8.01. The molecule has 2 atom stereocenters. The smallest absolute Gasteiger partial charge is 0.406 e. The Morgan fingerprint density at radius 1 is 1.08 bits per heavy atom. The first-order chi connectivity index (χ1) is 17.5. The fraction of sp³-hybridized carbons (Fsp3) is 0.517. The third kappa shape index (κ3) is 5.20. The van der Waals surface area contributed by atoms with E-state index in [-0.39, 0.29) is 36.9 Å². The monoisotopic (exact) mass is 516 g/mol. The summed E-state index contributed by atoms with van der Waals surface area (Å²) in [5, 5.41) is 2.97. The number of hydrogen-bond donors (Lipinski definition) is 1. The lowest BCUT2D eigenvalue weighted by molar-refractivity contribution is -0.198. The van der Waals surface area contributed by atoms with Crippen LogP contribution >= 0.6 is 0 Å². The Morgan fingerprint density at radius 3 is 2.32 bits per heavy atom. The number of para-hydroxylation sites is 1. The largest absolute Gasteiger partial charge is 0.493 e. The SMILES string of the molecule is CC(C)COc1ccccc1C1CNC(=O)CC12CCN(C(=O)[C@](C)(c1ccccc1)C(F)(F)F)CC2. The van der Waals surface area contributed by atoms with Crippen LogP contribution in [0.1, 0.15) is 57.1 Å². The molecule has 1 spiro atoms. The van der Waals surface area contributed by atoms with Gasteiger partial charge in [0, 0.05) is 32.0 Å². The third-order valence-corrected chi connectivity index (χ3v) is 8.01. The highest BCUT2D eigenvalue weighted by Crippen LogP contribution is 2.51. The average Bonchev–Trinajstić information content (AvgIpc) is 2.87. The van der Waals surface area contributed by atoms with Crippen LogP contribution in [0.5, 0.6) is 5.75 Å². The summed E-state index contributed by atoms with van der Waals surface area (Å²) in [6, 6.07) is 15.2. The number of nitrogens with zero attached hydrogens (tertiary/aromatic N) is 1. The summed E-state index contributed by atoms with van der Waals surface area (Å²) in [5.41, 5.74) is -2.18. The quantitative estimate of drug-likeness (QED) is 0.555. The van der Waals surface area contributed by atoms with Crippen molar-refractivity contribution in [3.8, 4) is 5.75 Å². The number of carbonyl (C=O) groups is 2. The summed E-state index contributed by atoms with van der Waals surface area (Å²) in [5.74, 6) is 0.0346. The van der Waals surface area contributed by atoms with Crippen LogP contribution in [0.3, 0.4) is 0 Å². The number of carbonyl (C=O) groups excluding carboxylic acids is 2. The summed E-state index contributed by atoms with van der Waals surface area (Å²) in [6.45, 7) is 6.42. The van der Waals surface area contributed by atoms with Crippen molar-refractivity contribution >= 4 is 11.8 Å². The molecular weight excluding hydrogens is 481 g/mol. The van der Waals surface area contributed by atoms with Crippen molar-refractivity contribution in [3.63, 3.8) is 0 Å². The molecule has 2 aromatic rings. The Bertz CT molecular complexity index is 1110. The van der Waals surface area contributed by atoms with Crippen LogP contribution in [0.25, 0.3) is 0 Å². The van der Waals surface area contributed by atoms with Gasteiger partial charge in [-0.05, 0) is 48.3 Å². The van der Waals surface area contributed by atoms with Crippen LogP contribution in [0, 0.1) is 11.3 Å². The van der Waals surface area contributed by atoms with E-state index in [1.165, 1.54) is 29.2 Å². The average molecular weight is 517 g/mol. The Labute approximate surface area is 216 Å². The summed E-state index contributed by atoms with van der Waals surface area (Å²) in [4.78, 5) is 27.3. The number of nitrogens with one attached hydrogen (secondary N) is 1. The zero-order valence-electron chi connectivity index (χ0n) is 21.6. The van der Waals surface area contributed by atoms with E-state index in [0.29, 0.717) is 31.9 Å². The van der Waals surface area contributed by atoms with E-state index in [2.05, 4.69) is 19.2 Å². The molecule has 2 saturated heterocycles. The molecule has 2 heterocycles. The van der Waals surface area contributed by atoms with E-state index in [1.54, 1.807) is 6.07 Å². The van der Waals surface area contributed by atoms with Crippen LogP contribution in [-0.2, 0) is 15.0 Å². The van der Waals surface area contributed by atoms with Crippen molar-refractivity contribution in [2.24, 2.45) is 11.3 Å². The normalized spacial score (nSPS) is 21.4. The van der Waals surface area contributed by atoms with E-state index in [9.17, 15) is 22.8 Å². The molecule has 2 amide bonds. The van der Waals surface area contributed by atoms with Crippen molar-refractivity contribution < 1.29 is 27.5 Å². The van der Waals surface area contributed by atoms with Gasteiger partial charge < -0.3 is 15.0 Å². The lowest BCUT2D eigenvalue weighted by Crippen LogP contribution is -2.58. The Hall–Kier alpha value is -3.03. The standard InChI is InChI=1S/C29H35F3N2O3/c1-20(2)19-37-24-12-8-7-11-22(24)23-18-33-25(35)17-28(23)13-15-34(16-14-28)26(36)27(3,29(30,31)32)21-9-5-4-6-10-21/h4-12,20,23H,13-19H2,1-3H3,(H,33,35)/t23?,27-/m0/s1. The van der Waals surface area contributed by atoms with Crippen molar-refractivity contribution in [3.05, 3.63) is 65.7 Å². The maximum atomic E-state index is 14.3. The Balaban J connectivity index is 1.60. The molecule has 0 aromatic heterocycles. The molecular formula is C29H35F3N2O3. The summed E-state index contributed by atoms with van der Waals surface area (Å²) < 4.78 is 49.1. The number of piperidine rings is 2. The minimum absolute atomic E-state index is 0.0612. The maximum absolute atomic E-state index is 14.3. The Morgan fingerprint density at radius 2 is 1.70 bits per heavy atom. The second-order valence-corrected chi connectivity index (χ2v) is 10.9. The van der Waals surface area contributed by atoms with Gasteiger partial charge in [-0.1, -0.05) is 62.4 Å². The van der Waals surface area contributed by atoms with Crippen LogP contribution in [0.2, 0.25) is 0 Å². The molecule has 200 valence electrons. The number of rotatable bonds is 6.